The van der Waals surface area contributed by atoms with E-state index in [4.69, 9.17) is 4.42 Å². The number of rotatable bonds is 3. The van der Waals surface area contributed by atoms with Crippen molar-refractivity contribution in [1.29, 1.82) is 0 Å². The van der Waals surface area contributed by atoms with Crippen LogP contribution in [0.5, 0.6) is 0 Å². The molecule has 3 rings (SSSR count). The minimum absolute atomic E-state index is 0.292. The summed E-state index contributed by atoms with van der Waals surface area (Å²) in [5.41, 5.74) is 1.60. The smallest absolute Gasteiger partial charge is 0.199 e. The Morgan fingerprint density at radius 2 is 1.75 bits per heavy atom. The third-order valence-corrected chi connectivity index (χ3v) is 4.41. The van der Waals surface area contributed by atoms with Crippen LogP contribution in [-0.2, 0) is 9.84 Å². The summed E-state index contributed by atoms with van der Waals surface area (Å²) in [6.07, 6.45) is 3.20. The second-order valence-electron chi connectivity index (χ2n) is 4.38. The highest BCUT2D eigenvalue weighted by molar-refractivity contribution is 7.94. The molecular weight excluding hydrogens is 272 g/mol. The second-order valence-corrected chi connectivity index (χ2v) is 6.21. The van der Waals surface area contributed by atoms with E-state index in [0.29, 0.717) is 4.90 Å². The van der Waals surface area contributed by atoms with Gasteiger partial charge in [0, 0.05) is 10.8 Å². The zero-order chi connectivity index (χ0) is 14.0. The highest BCUT2D eigenvalue weighted by atomic mass is 32.2. The third kappa shape index (κ3) is 2.51. The van der Waals surface area contributed by atoms with Gasteiger partial charge in [0.1, 0.15) is 5.58 Å². The van der Waals surface area contributed by atoms with Gasteiger partial charge in [0.25, 0.3) is 0 Å². The zero-order valence-electron chi connectivity index (χ0n) is 10.6. The van der Waals surface area contributed by atoms with Crippen LogP contribution in [0.1, 0.15) is 5.56 Å². The Balaban J connectivity index is 1.93. The molecule has 0 saturated heterocycles. The van der Waals surface area contributed by atoms with Crippen LogP contribution in [0.15, 0.2) is 75.6 Å². The van der Waals surface area contributed by atoms with Crippen LogP contribution in [-0.4, -0.2) is 8.42 Å². The first-order valence-corrected chi connectivity index (χ1v) is 7.65. The number of furan rings is 1. The Labute approximate surface area is 117 Å². The average molecular weight is 284 g/mol. The van der Waals surface area contributed by atoms with E-state index in [1.54, 1.807) is 42.7 Å². The van der Waals surface area contributed by atoms with Crippen LogP contribution in [0.25, 0.3) is 17.0 Å². The molecule has 0 aliphatic rings. The molecule has 0 saturated carbocycles. The number of hydrogen-bond donors (Lipinski definition) is 0. The van der Waals surface area contributed by atoms with E-state index in [9.17, 15) is 8.42 Å². The van der Waals surface area contributed by atoms with Crippen LogP contribution < -0.4 is 0 Å². The third-order valence-electron chi connectivity index (χ3n) is 2.99. The molecule has 3 nitrogen and oxygen atoms in total. The van der Waals surface area contributed by atoms with E-state index >= 15 is 0 Å². The standard InChI is InChI=1S/C16H12O3S/c17-20(18,15-4-2-1-3-5-15)11-9-13-6-7-16-14(12-13)8-10-19-16/h1-12H. The summed E-state index contributed by atoms with van der Waals surface area (Å²) < 4.78 is 29.5. The van der Waals surface area contributed by atoms with Crippen LogP contribution in [0.2, 0.25) is 0 Å². The van der Waals surface area contributed by atoms with Crippen molar-refractivity contribution in [2.45, 2.75) is 4.90 Å². The van der Waals surface area contributed by atoms with Crippen molar-refractivity contribution in [2.75, 3.05) is 0 Å². The van der Waals surface area contributed by atoms with Gasteiger partial charge >= 0.3 is 0 Å². The van der Waals surface area contributed by atoms with E-state index in [1.807, 2.05) is 24.3 Å². The van der Waals surface area contributed by atoms with Crippen LogP contribution in [0, 0.1) is 0 Å². The van der Waals surface area contributed by atoms with Crippen molar-refractivity contribution in [3.05, 3.63) is 71.8 Å². The predicted molar refractivity (Wildman–Crippen MR) is 78.9 cm³/mol. The van der Waals surface area contributed by atoms with Gasteiger partial charge in [-0.15, -0.1) is 0 Å². The summed E-state index contributed by atoms with van der Waals surface area (Å²) in [5, 5.41) is 2.17. The van der Waals surface area contributed by atoms with Crippen molar-refractivity contribution >= 4 is 26.9 Å². The fraction of sp³-hybridized carbons (Fsp3) is 0. The number of sulfone groups is 1. The minimum atomic E-state index is -3.40. The molecule has 0 aliphatic heterocycles. The van der Waals surface area contributed by atoms with Gasteiger partial charge in [-0.2, -0.15) is 0 Å². The number of benzene rings is 2. The molecule has 0 radical (unpaired) electrons. The quantitative estimate of drug-likeness (QED) is 0.733. The molecule has 100 valence electrons. The Morgan fingerprint density at radius 1 is 0.950 bits per heavy atom. The molecule has 4 heteroatoms. The summed E-state index contributed by atoms with van der Waals surface area (Å²) in [5.74, 6) is 0. The van der Waals surface area contributed by atoms with Gasteiger partial charge in [-0.25, -0.2) is 8.42 Å². The lowest BCUT2D eigenvalue weighted by Crippen LogP contribution is -1.95. The van der Waals surface area contributed by atoms with Gasteiger partial charge < -0.3 is 4.42 Å². The van der Waals surface area contributed by atoms with Crippen LogP contribution in [0.4, 0.5) is 0 Å². The van der Waals surface area contributed by atoms with Crippen LogP contribution >= 0.6 is 0 Å². The highest BCUT2D eigenvalue weighted by Crippen LogP contribution is 2.19. The molecule has 1 aromatic heterocycles. The predicted octanol–water partition coefficient (Wildman–Crippen LogP) is 3.88. The first-order chi connectivity index (χ1) is 9.65. The van der Waals surface area contributed by atoms with Gasteiger partial charge in [0.2, 0.25) is 0 Å². The van der Waals surface area contributed by atoms with E-state index in [1.165, 1.54) is 5.41 Å². The Hall–Kier alpha value is -2.33. The molecule has 0 N–H and O–H groups in total. The monoisotopic (exact) mass is 284 g/mol. The molecule has 20 heavy (non-hydrogen) atoms. The summed E-state index contributed by atoms with van der Waals surface area (Å²) in [7, 11) is -3.40. The molecule has 0 fully saturated rings. The molecule has 0 unspecified atom stereocenters. The minimum Gasteiger partial charge on any atom is -0.464 e. The Kier molecular flexibility index (Phi) is 3.16. The van der Waals surface area contributed by atoms with Gasteiger partial charge in [-0.05, 0) is 42.0 Å². The first-order valence-electron chi connectivity index (χ1n) is 6.11. The van der Waals surface area contributed by atoms with E-state index in [0.717, 1.165) is 16.5 Å². The van der Waals surface area contributed by atoms with Gasteiger partial charge in [-0.3, -0.25) is 0 Å². The first kappa shape index (κ1) is 12.7. The SMILES string of the molecule is O=S(=O)(C=Cc1ccc2occc2c1)c1ccccc1. The van der Waals surface area contributed by atoms with E-state index in [-0.39, 0.29) is 0 Å². The maximum atomic E-state index is 12.1. The lowest BCUT2D eigenvalue weighted by atomic mass is 10.2. The maximum Gasteiger partial charge on any atom is 0.199 e. The average Bonchev–Trinajstić information content (AvgIpc) is 2.94. The normalized spacial score (nSPS) is 12.2. The van der Waals surface area contributed by atoms with Crippen molar-refractivity contribution in [1.82, 2.24) is 0 Å². The fourth-order valence-electron chi connectivity index (χ4n) is 1.95. The molecule has 0 spiro atoms. The molecule has 0 atom stereocenters. The topological polar surface area (TPSA) is 47.3 Å². The number of hydrogen-bond acceptors (Lipinski definition) is 3. The fourth-order valence-corrected chi connectivity index (χ4v) is 2.98. The molecule has 0 amide bonds. The lowest BCUT2D eigenvalue weighted by Gasteiger charge is -1.98. The zero-order valence-corrected chi connectivity index (χ0v) is 11.4. The van der Waals surface area contributed by atoms with Crippen molar-refractivity contribution in [3.8, 4) is 0 Å². The maximum absolute atomic E-state index is 12.1. The Morgan fingerprint density at radius 3 is 2.55 bits per heavy atom. The van der Waals surface area contributed by atoms with Crippen molar-refractivity contribution < 1.29 is 12.8 Å². The summed E-state index contributed by atoms with van der Waals surface area (Å²) in [6, 6.07) is 15.7. The van der Waals surface area contributed by atoms with Crippen molar-refractivity contribution in [2.24, 2.45) is 0 Å². The van der Waals surface area contributed by atoms with E-state index in [2.05, 4.69) is 0 Å². The van der Waals surface area contributed by atoms with Gasteiger partial charge in [0.15, 0.2) is 9.84 Å². The molecule has 0 bridgehead atoms. The summed E-state index contributed by atoms with van der Waals surface area (Å²) >= 11 is 0. The summed E-state index contributed by atoms with van der Waals surface area (Å²) in [4.78, 5) is 0.292. The molecule has 2 aromatic carbocycles. The van der Waals surface area contributed by atoms with Crippen molar-refractivity contribution in [3.63, 3.8) is 0 Å². The lowest BCUT2D eigenvalue weighted by molar-refractivity contribution is 0.605. The molecule has 3 aromatic rings. The van der Waals surface area contributed by atoms with Gasteiger partial charge in [0.05, 0.1) is 11.2 Å². The highest BCUT2D eigenvalue weighted by Gasteiger charge is 2.08. The van der Waals surface area contributed by atoms with Crippen LogP contribution in [0.3, 0.4) is 0 Å². The summed E-state index contributed by atoms with van der Waals surface area (Å²) in [6.45, 7) is 0. The molecule has 0 aliphatic carbocycles. The molecular formula is C16H12O3S. The number of fused-ring (bicyclic) bond motifs is 1. The Bertz CT molecular complexity index is 859. The van der Waals surface area contributed by atoms with E-state index < -0.39 is 9.84 Å². The largest absolute Gasteiger partial charge is 0.464 e. The second kappa shape index (κ2) is 4.98. The van der Waals surface area contributed by atoms with Gasteiger partial charge in [-0.1, -0.05) is 24.3 Å². The molecule has 1 heterocycles.